The van der Waals surface area contributed by atoms with Gasteiger partial charge in [-0.2, -0.15) is 0 Å². The molecule has 0 spiro atoms. The molecule has 1 atom stereocenters. The molecule has 2 heterocycles. The Labute approximate surface area is 121 Å². The summed E-state index contributed by atoms with van der Waals surface area (Å²) in [6, 6.07) is 5.52. The SMILES string of the molecule is CC(NCCN1CCN(C(C)C)CC1)c1cccs1. The summed E-state index contributed by atoms with van der Waals surface area (Å²) in [5.74, 6) is 0. The van der Waals surface area contributed by atoms with Crippen LogP contribution in [0.15, 0.2) is 17.5 Å². The minimum Gasteiger partial charge on any atom is -0.308 e. The fourth-order valence-electron chi connectivity index (χ4n) is 2.58. The second kappa shape index (κ2) is 7.39. The van der Waals surface area contributed by atoms with E-state index in [-0.39, 0.29) is 0 Å². The lowest BCUT2D eigenvalue weighted by molar-refractivity contribution is 0.109. The molecule has 0 bridgehead atoms. The number of thiophene rings is 1. The average Bonchev–Trinajstić information content (AvgIpc) is 2.93. The summed E-state index contributed by atoms with van der Waals surface area (Å²) in [5.41, 5.74) is 0. The maximum absolute atomic E-state index is 3.62. The number of nitrogens with zero attached hydrogens (tertiary/aromatic N) is 2. The van der Waals surface area contributed by atoms with Gasteiger partial charge in [0.15, 0.2) is 0 Å². The predicted molar refractivity (Wildman–Crippen MR) is 83.9 cm³/mol. The van der Waals surface area contributed by atoms with E-state index >= 15 is 0 Å². The van der Waals surface area contributed by atoms with E-state index in [2.05, 4.69) is 53.4 Å². The van der Waals surface area contributed by atoms with Gasteiger partial charge >= 0.3 is 0 Å². The van der Waals surface area contributed by atoms with Crippen molar-refractivity contribution in [1.82, 2.24) is 15.1 Å². The zero-order valence-corrected chi connectivity index (χ0v) is 13.2. The van der Waals surface area contributed by atoms with Crippen LogP contribution in [0.5, 0.6) is 0 Å². The Balaban J connectivity index is 1.62. The molecule has 2 rings (SSSR count). The van der Waals surface area contributed by atoms with Crippen LogP contribution in [0, 0.1) is 0 Å². The second-order valence-corrected chi connectivity index (χ2v) is 6.64. The number of piperazine rings is 1. The highest BCUT2D eigenvalue weighted by molar-refractivity contribution is 7.10. The van der Waals surface area contributed by atoms with E-state index in [0.29, 0.717) is 12.1 Å². The van der Waals surface area contributed by atoms with Crippen molar-refractivity contribution in [3.8, 4) is 0 Å². The van der Waals surface area contributed by atoms with Crippen LogP contribution in [0.1, 0.15) is 31.7 Å². The van der Waals surface area contributed by atoms with Crippen molar-refractivity contribution < 1.29 is 0 Å². The standard InChI is InChI=1S/C15H27N3S/c1-13(2)18-10-8-17(9-11-18)7-6-16-14(3)15-5-4-12-19-15/h4-5,12-14,16H,6-11H2,1-3H3. The van der Waals surface area contributed by atoms with Crippen LogP contribution in [0.2, 0.25) is 0 Å². The third-order valence-electron chi connectivity index (χ3n) is 3.99. The summed E-state index contributed by atoms with van der Waals surface area (Å²) in [6.07, 6.45) is 0. The molecule has 0 aromatic carbocycles. The van der Waals surface area contributed by atoms with Crippen molar-refractivity contribution in [3.63, 3.8) is 0 Å². The summed E-state index contributed by atoms with van der Waals surface area (Å²) < 4.78 is 0. The number of hydrogen-bond donors (Lipinski definition) is 1. The zero-order valence-electron chi connectivity index (χ0n) is 12.4. The first-order valence-corrected chi connectivity index (χ1v) is 8.28. The Morgan fingerprint density at radius 2 is 1.95 bits per heavy atom. The summed E-state index contributed by atoms with van der Waals surface area (Å²) in [4.78, 5) is 6.58. The molecule has 0 amide bonds. The Hall–Kier alpha value is -0.420. The predicted octanol–water partition coefficient (Wildman–Crippen LogP) is 2.42. The lowest BCUT2D eigenvalue weighted by atomic mass is 10.2. The van der Waals surface area contributed by atoms with Crippen LogP contribution in [0.4, 0.5) is 0 Å². The van der Waals surface area contributed by atoms with E-state index in [4.69, 9.17) is 0 Å². The van der Waals surface area contributed by atoms with Crippen molar-refractivity contribution >= 4 is 11.3 Å². The van der Waals surface area contributed by atoms with Crippen LogP contribution in [0.3, 0.4) is 0 Å². The Kier molecular flexibility index (Phi) is 5.82. The van der Waals surface area contributed by atoms with E-state index < -0.39 is 0 Å². The molecule has 1 unspecified atom stereocenters. The summed E-state index contributed by atoms with van der Waals surface area (Å²) >= 11 is 1.84. The fourth-order valence-corrected chi connectivity index (χ4v) is 3.34. The van der Waals surface area contributed by atoms with Gasteiger partial charge in [0.25, 0.3) is 0 Å². The molecule has 0 aliphatic carbocycles. The van der Waals surface area contributed by atoms with Crippen molar-refractivity contribution in [2.24, 2.45) is 0 Å². The second-order valence-electron chi connectivity index (χ2n) is 5.66. The minimum absolute atomic E-state index is 0.483. The van der Waals surface area contributed by atoms with Gasteiger partial charge in [0, 0.05) is 56.2 Å². The lowest BCUT2D eigenvalue weighted by Gasteiger charge is -2.37. The molecule has 19 heavy (non-hydrogen) atoms. The lowest BCUT2D eigenvalue weighted by Crippen LogP contribution is -2.50. The summed E-state index contributed by atoms with van der Waals surface area (Å²) in [6.45, 7) is 14.0. The smallest absolute Gasteiger partial charge is 0.0386 e. The van der Waals surface area contributed by atoms with Crippen molar-refractivity contribution in [1.29, 1.82) is 0 Å². The molecular weight excluding hydrogens is 254 g/mol. The average molecular weight is 281 g/mol. The molecular formula is C15H27N3S. The fraction of sp³-hybridized carbons (Fsp3) is 0.733. The molecule has 1 N–H and O–H groups in total. The van der Waals surface area contributed by atoms with Crippen molar-refractivity contribution in [2.75, 3.05) is 39.3 Å². The number of hydrogen-bond acceptors (Lipinski definition) is 4. The number of nitrogens with one attached hydrogen (secondary N) is 1. The van der Waals surface area contributed by atoms with Crippen LogP contribution >= 0.6 is 11.3 Å². The highest BCUT2D eigenvalue weighted by Gasteiger charge is 2.18. The Morgan fingerprint density at radius 3 is 2.53 bits per heavy atom. The molecule has 0 radical (unpaired) electrons. The number of rotatable bonds is 6. The molecule has 1 aliphatic rings. The first-order valence-electron chi connectivity index (χ1n) is 7.40. The first kappa shape index (κ1) is 15.0. The molecule has 1 fully saturated rings. The van der Waals surface area contributed by atoms with Crippen molar-refractivity contribution in [3.05, 3.63) is 22.4 Å². The highest BCUT2D eigenvalue weighted by Crippen LogP contribution is 2.17. The molecule has 1 aliphatic heterocycles. The molecule has 4 heteroatoms. The summed E-state index contributed by atoms with van der Waals surface area (Å²) in [7, 11) is 0. The van der Waals surface area contributed by atoms with Gasteiger partial charge in [-0.3, -0.25) is 9.80 Å². The Bertz CT molecular complexity index is 342. The molecule has 0 saturated carbocycles. The third kappa shape index (κ3) is 4.56. The minimum atomic E-state index is 0.483. The van der Waals surface area contributed by atoms with Crippen LogP contribution in [-0.4, -0.2) is 55.1 Å². The van der Waals surface area contributed by atoms with E-state index in [1.165, 1.54) is 37.6 Å². The van der Waals surface area contributed by atoms with Crippen LogP contribution in [-0.2, 0) is 0 Å². The maximum Gasteiger partial charge on any atom is 0.0386 e. The summed E-state index contributed by atoms with van der Waals surface area (Å²) in [5, 5.41) is 5.77. The van der Waals surface area contributed by atoms with E-state index in [0.717, 1.165) is 6.54 Å². The van der Waals surface area contributed by atoms with Gasteiger partial charge in [-0.05, 0) is 32.2 Å². The van der Waals surface area contributed by atoms with Gasteiger partial charge in [0.2, 0.25) is 0 Å². The largest absolute Gasteiger partial charge is 0.308 e. The van der Waals surface area contributed by atoms with E-state index in [1.807, 2.05) is 11.3 Å². The van der Waals surface area contributed by atoms with Crippen molar-refractivity contribution in [2.45, 2.75) is 32.9 Å². The van der Waals surface area contributed by atoms with Gasteiger partial charge < -0.3 is 5.32 Å². The van der Waals surface area contributed by atoms with E-state index in [1.54, 1.807) is 0 Å². The normalized spacial score (nSPS) is 20.0. The van der Waals surface area contributed by atoms with Gasteiger partial charge in [-0.15, -0.1) is 11.3 Å². The van der Waals surface area contributed by atoms with Crippen LogP contribution in [0.25, 0.3) is 0 Å². The molecule has 1 aromatic rings. The van der Waals surface area contributed by atoms with Gasteiger partial charge in [-0.1, -0.05) is 6.07 Å². The molecule has 108 valence electrons. The Morgan fingerprint density at radius 1 is 1.21 bits per heavy atom. The molecule has 1 aromatic heterocycles. The zero-order chi connectivity index (χ0) is 13.7. The van der Waals surface area contributed by atoms with E-state index in [9.17, 15) is 0 Å². The van der Waals surface area contributed by atoms with Gasteiger partial charge in [-0.25, -0.2) is 0 Å². The quantitative estimate of drug-likeness (QED) is 0.864. The first-order chi connectivity index (χ1) is 9.16. The highest BCUT2D eigenvalue weighted by atomic mass is 32.1. The van der Waals surface area contributed by atoms with Gasteiger partial charge in [0.05, 0.1) is 0 Å². The topological polar surface area (TPSA) is 18.5 Å². The van der Waals surface area contributed by atoms with Crippen LogP contribution < -0.4 is 5.32 Å². The molecule has 1 saturated heterocycles. The maximum atomic E-state index is 3.62. The monoisotopic (exact) mass is 281 g/mol. The third-order valence-corrected chi connectivity index (χ3v) is 5.04. The molecule has 3 nitrogen and oxygen atoms in total. The van der Waals surface area contributed by atoms with Gasteiger partial charge in [0.1, 0.15) is 0 Å².